The Morgan fingerprint density at radius 1 is 1.32 bits per heavy atom. The molecule has 3 rings (SSSR count). The van der Waals surface area contributed by atoms with E-state index in [2.05, 4.69) is 15.0 Å². The van der Waals surface area contributed by atoms with Crippen molar-refractivity contribution in [3.8, 4) is 0 Å². The van der Waals surface area contributed by atoms with Gasteiger partial charge in [0.15, 0.2) is 0 Å². The standard InChI is InChI=1S/C18H25N5O3S.ClH/c1-3-12-27(25,26)21-15-6-4-14(5-7-15)18(24)23-11-8-19-13-16(23)17-20-9-10-22(17)2;/h4-7,9-10,16,19,21H,3,8,11-13H2,1-2H3;1H. The molecule has 1 aromatic heterocycles. The van der Waals surface area contributed by atoms with Gasteiger partial charge in [-0.05, 0) is 30.7 Å². The van der Waals surface area contributed by atoms with Gasteiger partial charge in [0.25, 0.3) is 5.91 Å². The predicted molar refractivity (Wildman–Crippen MR) is 111 cm³/mol. The fourth-order valence-corrected chi connectivity index (χ4v) is 4.36. The van der Waals surface area contributed by atoms with E-state index in [9.17, 15) is 13.2 Å². The third-order valence-corrected chi connectivity index (χ3v) is 6.03. The van der Waals surface area contributed by atoms with Gasteiger partial charge in [-0.2, -0.15) is 0 Å². The molecule has 154 valence electrons. The maximum atomic E-state index is 13.0. The number of carbonyl (C=O) groups is 1. The second-order valence-electron chi connectivity index (χ2n) is 6.61. The Bertz CT molecular complexity index is 898. The average molecular weight is 428 g/mol. The maximum absolute atomic E-state index is 13.0. The Morgan fingerprint density at radius 2 is 2.04 bits per heavy atom. The third kappa shape index (κ3) is 5.03. The lowest BCUT2D eigenvalue weighted by Crippen LogP contribution is -2.49. The smallest absolute Gasteiger partial charge is 0.254 e. The van der Waals surface area contributed by atoms with Crippen LogP contribution in [0.3, 0.4) is 0 Å². The summed E-state index contributed by atoms with van der Waals surface area (Å²) in [5, 5.41) is 3.31. The highest BCUT2D eigenvalue weighted by atomic mass is 35.5. The largest absolute Gasteiger partial charge is 0.336 e. The summed E-state index contributed by atoms with van der Waals surface area (Å²) >= 11 is 0. The molecule has 2 aromatic rings. The van der Waals surface area contributed by atoms with Crippen molar-refractivity contribution >= 4 is 34.0 Å². The molecule has 2 heterocycles. The van der Waals surface area contributed by atoms with Crippen molar-refractivity contribution in [3.05, 3.63) is 48.0 Å². The van der Waals surface area contributed by atoms with Crippen LogP contribution in [0.2, 0.25) is 0 Å². The normalized spacial score (nSPS) is 17.1. The van der Waals surface area contributed by atoms with E-state index >= 15 is 0 Å². The van der Waals surface area contributed by atoms with Crippen molar-refractivity contribution in [3.63, 3.8) is 0 Å². The van der Waals surface area contributed by atoms with E-state index < -0.39 is 10.0 Å². The number of benzene rings is 1. The number of amides is 1. The average Bonchev–Trinajstić information content (AvgIpc) is 3.07. The summed E-state index contributed by atoms with van der Waals surface area (Å²) < 4.78 is 28.2. The number of rotatable bonds is 6. The van der Waals surface area contributed by atoms with E-state index in [1.54, 1.807) is 30.5 Å². The molecule has 1 aliphatic heterocycles. The van der Waals surface area contributed by atoms with Crippen LogP contribution in [0.5, 0.6) is 0 Å². The minimum Gasteiger partial charge on any atom is -0.336 e. The molecular formula is C18H26ClN5O3S. The van der Waals surface area contributed by atoms with E-state index in [0.29, 0.717) is 30.8 Å². The van der Waals surface area contributed by atoms with Gasteiger partial charge in [-0.15, -0.1) is 12.4 Å². The van der Waals surface area contributed by atoms with Gasteiger partial charge in [0.05, 0.1) is 5.75 Å². The molecular weight excluding hydrogens is 402 g/mol. The van der Waals surface area contributed by atoms with Crippen molar-refractivity contribution in [2.75, 3.05) is 30.1 Å². The molecule has 8 nitrogen and oxygen atoms in total. The predicted octanol–water partition coefficient (Wildman–Crippen LogP) is 1.78. The fraction of sp³-hybridized carbons (Fsp3) is 0.444. The van der Waals surface area contributed by atoms with Crippen molar-refractivity contribution in [1.29, 1.82) is 0 Å². The van der Waals surface area contributed by atoms with E-state index in [1.807, 2.05) is 29.6 Å². The van der Waals surface area contributed by atoms with Crippen molar-refractivity contribution in [2.24, 2.45) is 7.05 Å². The molecule has 1 amide bonds. The van der Waals surface area contributed by atoms with Crippen LogP contribution in [0.4, 0.5) is 5.69 Å². The van der Waals surface area contributed by atoms with E-state index in [1.165, 1.54) is 0 Å². The molecule has 1 atom stereocenters. The molecule has 28 heavy (non-hydrogen) atoms. The number of carbonyl (C=O) groups excluding carboxylic acids is 1. The molecule has 1 unspecified atom stereocenters. The molecule has 1 aromatic carbocycles. The number of piperazine rings is 1. The van der Waals surface area contributed by atoms with Gasteiger partial charge in [-0.1, -0.05) is 6.92 Å². The summed E-state index contributed by atoms with van der Waals surface area (Å²) in [5.74, 6) is 0.812. The van der Waals surface area contributed by atoms with Crippen LogP contribution in [-0.4, -0.2) is 54.2 Å². The molecule has 1 fully saturated rings. The van der Waals surface area contributed by atoms with Crippen LogP contribution in [0.15, 0.2) is 36.7 Å². The van der Waals surface area contributed by atoms with Crippen molar-refractivity contribution in [2.45, 2.75) is 19.4 Å². The highest BCUT2D eigenvalue weighted by molar-refractivity contribution is 7.92. The number of nitrogens with zero attached hydrogens (tertiary/aromatic N) is 3. The lowest BCUT2D eigenvalue weighted by Gasteiger charge is -2.35. The van der Waals surface area contributed by atoms with Gasteiger partial charge in [-0.25, -0.2) is 13.4 Å². The number of hydrogen-bond acceptors (Lipinski definition) is 5. The lowest BCUT2D eigenvalue weighted by atomic mass is 10.1. The van der Waals surface area contributed by atoms with Gasteiger partial charge in [0.1, 0.15) is 11.9 Å². The van der Waals surface area contributed by atoms with E-state index in [0.717, 1.165) is 12.4 Å². The minimum absolute atomic E-state index is 0. The lowest BCUT2D eigenvalue weighted by molar-refractivity contribution is 0.0621. The van der Waals surface area contributed by atoms with E-state index in [4.69, 9.17) is 0 Å². The number of sulfonamides is 1. The molecule has 0 saturated carbocycles. The first kappa shape index (κ1) is 22.2. The minimum atomic E-state index is -3.35. The Hall–Kier alpha value is -2.10. The van der Waals surface area contributed by atoms with Crippen molar-refractivity contribution < 1.29 is 13.2 Å². The molecule has 0 bridgehead atoms. The Balaban J connectivity index is 0.00000280. The van der Waals surface area contributed by atoms with Crippen LogP contribution in [-0.2, 0) is 17.1 Å². The quantitative estimate of drug-likeness (QED) is 0.732. The first-order chi connectivity index (χ1) is 12.9. The van der Waals surface area contributed by atoms with Gasteiger partial charge in [0, 0.05) is 50.3 Å². The first-order valence-electron chi connectivity index (χ1n) is 9.00. The molecule has 1 aliphatic rings. The molecule has 0 spiro atoms. The number of anilines is 1. The Labute approximate surface area is 171 Å². The Kier molecular flexibility index (Phi) is 7.45. The van der Waals surface area contributed by atoms with E-state index in [-0.39, 0.29) is 30.1 Å². The second kappa shape index (κ2) is 9.40. The zero-order valence-corrected chi connectivity index (χ0v) is 17.6. The second-order valence-corrected chi connectivity index (χ2v) is 8.45. The number of nitrogens with one attached hydrogen (secondary N) is 2. The first-order valence-corrected chi connectivity index (χ1v) is 10.7. The number of hydrogen-bond donors (Lipinski definition) is 2. The molecule has 1 saturated heterocycles. The summed E-state index contributed by atoms with van der Waals surface area (Å²) in [6.07, 6.45) is 4.14. The number of imidazole rings is 1. The summed E-state index contributed by atoms with van der Waals surface area (Å²) in [7, 11) is -1.43. The van der Waals surface area contributed by atoms with Gasteiger partial charge < -0.3 is 14.8 Å². The summed E-state index contributed by atoms with van der Waals surface area (Å²) in [4.78, 5) is 19.2. The molecule has 0 aliphatic carbocycles. The topological polar surface area (TPSA) is 96.3 Å². The number of aromatic nitrogens is 2. The van der Waals surface area contributed by atoms with Gasteiger partial charge >= 0.3 is 0 Å². The molecule has 0 radical (unpaired) electrons. The van der Waals surface area contributed by atoms with Gasteiger partial charge in [-0.3, -0.25) is 9.52 Å². The fourth-order valence-electron chi connectivity index (χ4n) is 3.22. The zero-order chi connectivity index (χ0) is 19.4. The monoisotopic (exact) mass is 427 g/mol. The molecule has 2 N–H and O–H groups in total. The van der Waals surface area contributed by atoms with Gasteiger partial charge in [0.2, 0.25) is 10.0 Å². The summed E-state index contributed by atoms with van der Waals surface area (Å²) in [6.45, 7) is 3.76. The van der Waals surface area contributed by atoms with Crippen LogP contribution >= 0.6 is 12.4 Å². The van der Waals surface area contributed by atoms with Crippen molar-refractivity contribution in [1.82, 2.24) is 19.8 Å². The SMILES string of the molecule is CCCS(=O)(=O)Nc1ccc(C(=O)N2CCNCC2c2nccn2C)cc1.Cl. The molecule has 10 heteroatoms. The van der Waals surface area contributed by atoms with Crippen LogP contribution in [0.1, 0.15) is 35.6 Å². The zero-order valence-electron chi connectivity index (χ0n) is 16.0. The van der Waals surface area contributed by atoms with Crippen LogP contribution in [0.25, 0.3) is 0 Å². The summed E-state index contributed by atoms with van der Waals surface area (Å²) in [5.41, 5.74) is 0.982. The Morgan fingerprint density at radius 3 is 2.64 bits per heavy atom. The maximum Gasteiger partial charge on any atom is 0.254 e. The van der Waals surface area contributed by atoms with Crippen LogP contribution in [0, 0.1) is 0 Å². The van der Waals surface area contributed by atoms with Crippen LogP contribution < -0.4 is 10.0 Å². The summed E-state index contributed by atoms with van der Waals surface area (Å²) in [6, 6.07) is 6.42. The number of aryl methyl sites for hydroxylation is 1. The highest BCUT2D eigenvalue weighted by Crippen LogP contribution is 2.23. The third-order valence-electron chi connectivity index (χ3n) is 4.54. The number of halogens is 1. The highest BCUT2D eigenvalue weighted by Gasteiger charge is 2.31.